The molecule has 2 N–H and O–H groups in total. The van der Waals surface area contributed by atoms with Crippen molar-refractivity contribution in [2.45, 2.75) is 95.2 Å². The Morgan fingerprint density at radius 3 is 2.42 bits per heavy atom. The van der Waals surface area contributed by atoms with Gasteiger partial charge in [0.2, 0.25) is 17.7 Å². The Hall–Kier alpha value is -2.94. The van der Waals surface area contributed by atoms with Crippen LogP contribution in [0.3, 0.4) is 0 Å². The molecule has 3 amide bonds. The molecular weight excluding hydrogens is 506 g/mol. The van der Waals surface area contributed by atoms with Crippen molar-refractivity contribution in [2.75, 3.05) is 13.6 Å². The molecule has 9 heteroatoms. The molecule has 1 unspecified atom stereocenters. The number of rotatable bonds is 10. The van der Waals surface area contributed by atoms with Gasteiger partial charge in [-0.1, -0.05) is 18.6 Å². The Balaban J connectivity index is 0.997. The lowest BCUT2D eigenvalue weighted by atomic mass is 9.52. The summed E-state index contributed by atoms with van der Waals surface area (Å²) in [7, 11) is 4.01. The molecule has 4 saturated carbocycles. The summed E-state index contributed by atoms with van der Waals surface area (Å²) < 4.78 is 3.00. The lowest BCUT2D eigenvalue weighted by molar-refractivity contribution is -0.135. The number of nitrogens with one attached hydrogen (secondary N) is 2. The number of para-hydroxylation sites is 1. The highest BCUT2D eigenvalue weighted by Gasteiger charge is 2.52. The number of carbonyl (C=O) groups is 3. The average Bonchev–Trinajstić information content (AvgIpc) is 3.16. The van der Waals surface area contributed by atoms with Crippen molar-refractivity contribution >= 4 is 28.8 Å². The van der Waals surface area contributed by atoms with E-state index in [1.54, 1.807) is 7.05 Å². The molecule has 4 bridgehead atoms. The number of imidazole rings is 1. The van der Waals surface area contributed by atoms with Crippen LogP contribution in [-0.2, 0) is 28.0 Å². The largest absolute Gasteiger partial charge is 0.352 e. The second-order valence-electron chi connectivity index (χ2n) is 13.1. The summed E-state index contributed by atoms with van der Waals surface area (Å²) in [4.78, 5) is 52.5. The highest BCUT2D eigenvalue weighted by molar-refractivity contribution is 6.00. The number of hydrogen-bond donors (Lipinski definition) is 2. The number of imide groups is 1. The van der Waals surface area contributed by atoms with Gasteiger partial charge < -0.3 is 10.2 Å². The molecule has 9 nitrogen and oxygen atoms in total. The van der Waals surface area contributed by atoms with E-state index in [0.29, 0.717) is 36.0 Å². The molecule has 1 saturated heterocycles. The molecule has 2 heterocycles. The first kappa shape index (κ1) is 27.2. The van der Waals surface area contributed by atoms with E-state index < -0.39 is 11.9 Å². The van der Waals surface area contributed by atoms with Gasteiger partial charge in [0.1, 0.15) is 6.04 Å². The molecule has 2 aromatic rings. The van der Waals surface area contributed by atoms with Crippen molar-refractivity contribution in [1.29, 1.82) is 0 Å². The van der Waals surface area contributed by atoms with Crippen LogP contribution in [0.15, 0.2) is 23.0 Å². The Bertz CT molecular complexity index is 1340. The van der Waals surface area contributed by atoms with Gasteiger partial charge in [-0.25, -0.2) is 4.79 Å². The highest BCUT2D eigenvalue weighted by atomic mass is 16.2. The number of fused-ring (bicyclic) bond motifs is 1. The van der Waals surface area contributed by atoms with Gasteiger partial charge in [-0.2, -0.15) is 0 Å². The molecule has 40 heavy (non-hydrogen) atoms. The summed E-state index contributed by atoms with van der Waals surface area (Å²) in [5, 5.41) is 5.37. The standard InChI is InChI=1S/C31H43N5O4/c1-34(31-16-20-13-21(17-31)15-22(14-20)18-31)12-5-3-4-9-26(37)32-19-23-7-6-8-24-28(23)35(2)30(40)36(24)25-10-11-27(38)33-29(25)39/h6-8,20-22,25H,3-5,9-19H2,1-2H3,(H,32,37)(H,33,38,39). The quantitative estimate of drug-likeness (QED) is 0.349. The number of aromatic nitrogens is 2. The number of nitrogens with zero attached hydrogens (tertiary/aromatic N) is 3. The Labute approximate surface area is 235 Å². The smallest absolute Gasteiger partial charge is 0.329 e. The zero-order valence-corrected chi connectivity index (χ0v) is 23.9. The number of hydrogen-bond acceptors (Lipinski definition) is 5. The van der Waals surface area contributed by atoms with Crippen LogP contribution >= 0.6 is 0 Å². The first-order valence-electron chi connectivity index (χ1n) is 15.2. The summed E-state index contributed by atoms with van der Waals surface area (Å²) in [6.07, 6.45) is 12.6. The minimum absolute atomic E-state index is 0.0149. The van der Waals surface area contributed by atoms with Crippen LogP contribution in [0.4, 0.5) is 0 Å². The van der Waals surface area contributed by atoms with E-state index in [-0.39, 0.29) is 23.9 Å². The van der Waals surface area contributed by atoms with Crippen molar-refractivity contribution in [2.24, 2.45) is 24.8 Å². The van der Waals surface area contributed by atoms with Gasteiger partial charge >= 0.3 is 5.69 Å². The molecule has 5 aliphatic rings. The van der Waals surface area contributed by atoms with Crippen LogP contribution in [-0.4, -0.2) is 50.9 Å². The monoisotopic (exact) mass is 549 g/mol. The molecule has 1 aliphatic heterocycles. The maximum atomic E-state index is 13.1. The minimum Gasteiger partial charge on any atom is -0.352 e. The van der Waals surface area contributed by atoms with E-state index >= 15 is 0 Å². The number of piperidine rings is 1. The van der Waals surface area contributed by atoms with Crippen molar-refractivity contribution in [3.63, 3.8) is 0 Å². The van der Waals surface area contributed by atoms with Gasteiger partial charge in [-0.05, 0) is 101 Å². The molecule has 0 spiro atoms. The van der Waals surface area contributed by atoms with Gasteiger partial charge in [0.05, 0.1) is 11.0 Å². The fourth-order valence-corrected chi connectivity index (χ4v) is 8.76. The lowest BCUT2D eigenvalue weighted by Crippen LogP contribution is -2.58. The van der Waals surface area contributed by atoms with Crippen molar-refractivity contribution < 1.29 is 14.4 Å². The van der Waals surface area contributed by atoms with E-state index in [4.69, 9.17) is 0 Å². The van der Waals surface area contributed by atoms with E-state index in [1.165, 1.54) is 47.7 Å². The molecule has 4 aliphatic carbocycles. The third-order valence-corrected chi connectivity index (χ3v) is 10.4. The minimum atomic E-state index is -0.722. The SMILES string of the molecule is CN(CCCCCC(=O)NCc1cccc2c1n(C)c(=O)n2C1CCC(=O)NC1=O)C12CC3CC(CC(C3)C1)C2. The van der Waals surface area contributed by atoms with E-state index in [2.05, 4.69) is 22.6 Å². The average molecular weight is 550 g/mol. The zero-order chi connectivity index (χ0) is 28.0. The van der Waals surface area contributed by atoms with Gasteiger partial charge in [0, 0.05) is 32.0 Å². The Kier molecular flexibility index (Phi) is 7.36. The van der Waals surface area contributed by atoms with Crippen molar-refractivity contribution in [3.05, 3.63) is 34.2 Å². The second kappa shape index (κ2) is 10.8. The molecule has 5 fully saturated rings. The maximum Gasteiger partial charge on any atom is 0.329 e. The number of unbranched alkanes of at least 4 members (excludes halogenated alkanes) is 2. The fraction of sp³-hybridized carbons (Fsp3) is 0.677. The van der Waals surface area contributed by atoms with Crippen LogP contribution in [0.25, 0.3) is 11.0 Å². The van der Waals surface area contributed by atoms with Gasteiger partial charge in [0.25, 0.3) is 0 Å². The first-order chi connectivity index (χ1) is 19.2. The zero-order valence-electron chi connectivity index (χ0n) is 23.9. The second-order valence-corrected chi connectivity index (χ2v) is 13.1. The molecule has 1 atom stereocenters. The van der Waals surface area contributed by atoms with Crippen LogP contribution < -0.4 is 16.3 Å². The molecule has 1 aromatic carbocycles. The Morgan fingerprint density at radius 2 is 1.75 bits per heavy atom. The summed E-state index contributed by atoms with van der Waals surface area (Å²) in [5.41, 5.74) is 2.31. The van der Waals surface area contributed by atoms with Crippen LogP contribution in [0.1, 0.15) is 88.7 Å². The highest BCUT2D eigenvalue weighted by Crippen LogP contribution is 2.57. The van der Waals surface area contributed by atoms with E-state index in [1.807, 2.05) is 18.2 Å². The number of amides is 3. The first-order valence-corrected chi connectivity index (χ1v) is 15.2. The molecule has 216 valence electrons. The maximum absolute atomic E-state index is 13.1. The van der Waals surface area contributed by atoms with Crippen LogP contribution in [0.5, 0.6) is 0 Å². The fourth-order valence-electron chi connectivity index (χ4n) is 8.76. The normalized spacial score (nSPS) is 29.4. The molecule has 7 rings (SSSR count). The van der Waals surface area contributed by atoms with E-state index in [9.17, 15) is 19.2 Å². The number of benzene rings is 1. The predicted molar refractivity (Wildman–Crippen MR) is 152 cm³/mol. The third-order valence-electron chi connectivity index (χ3n) is 10.4. The van der Waals surface area contributed by atoms with Crippen molar-refractivity contribution in [3.8, 4) is 0 Å². The predicted octanol–water partition coefficient (Wildman–Crippen LogP) is 3.39. The topological polar surface area (TPSA) is 105 Å². The summed E-state index contributed by atoms with van der Waals surface area (Å²) in [6.45, 7) is 1.44. The van der Waals surface area contributed by atoms with Crippen LogP contribution in [0.2, 0.25) is 0 Å². The summed E-state index contributed by atoms with van der Waals surface area (Å²) in [5.74, 6) is 2.13. The Morgan fingerprint density at radius 1 is 1.05 bits per heavy atom. The third kappa shape index (κ3) is 5.01. The molecule has 1 aromatic heterocycles. The van der Waals surface area contributed by atoms with Crippen LogP contribution in [0, 0.1) is 17.8 Å². The number of aryl methyl sites for hydroxylation is 1. The van der Waals surface area contributed by atoms with Gasteiger partial charge in [0.15, 0.2) is 0 Å². The summed E-state index contributed by atoms with van der Waals surface area (Å²) in [6, 6.07) is 4.83. The number of carbonyl (C=O) groups excluding carboxylic acids is 3. The van der Waals surface area contributed by atoms with E-state index in [0.717, 1.165) is 49.1 Å². The van der Waals surface area contributed by atoms with Crippen molar-refractivity contribution in [1.82, 2.24) is 24.7 Å². The van der Waals surface area contributed by atoms with Gasteiger partial charge in [-0.3, -0.25) is 28.8 Å². The lowest BCUT2D eigenvalue weighted by Gasteiger charge is -2.60. The molecule has 0 radical (unpaired) electrons. The van der Waals surface area contributed by atoms with Gasteiger partial charge in [-0.15, -0.1) is 0 Å². The molecular formula is C31H43N5O4. The summed E-state index contributed by atoms with van der Waals surface area (Å²) >= 11 is 0.